The van der Waals surface area contributed by atoms with Crippen LogP contribution in [0.3, 0.4) is 0 Å². The summed E-state index contributed by atoms with van der Waals surface area (Å²) in [7, 11) is -2.20. The lowest BCUT2D eigenvalue weighted by atomic mass is 10.2. The van der Waals surface area contributed by atoms with Crippen LogP contribution in [0.25, 0.3) is 0 Å². The van der Waals surface area contributed by atoms with Crippen molar-refractivity contribution in [2.45, 2.75) is 10.1 Å². The van der Waals surface area contributed by atoms with Gasteiger partial charge < -0.3 is 14.5 Å². The summed E-state index contributed by atoms with van der Waals surface area (Å²) in [5.74, 6) is 0.526. The lowest BCUT2D eigenvalue weighted by molar-refractivity contribution is 0.0953. The Morgan fingerprint density at radius 2 is 1.74 bits per heavy atom. The van der Waals surface area contributed by atoms with Crippen molar-refractivity contribution in [3.8, 4) is 5.75 Å². The Morgan fingerprint density at radius 1 is 1.04 bits per heavy atom. The van der Waals surface area contributed by atoms with Crippen molar-refractivity contribution in [2.75, 3.05) is 13.7 Å². The highest BCUT2D eigenvalue weighted by Gasteiger charge is 2.31. The van der Waals surface area contributed by atoms with Crippen LogP contribution in [0.4, 0.5) is 0 Å². The van der Waals surface area contributed by atoms with Crippen LogP contribution < -0.4 is 10.1 Å². The Kier molecular flexibility index (Phi) is 5.61. The van der Waals surface area contributed by atoms with Crippen molar-refractivity contribution < 1.29 is 22.4 Å². The van der Waals surface area contributed by atoms with E-state index in [9.17, 15) is 13.2 Å². The minimum absolute atomic E-state index is 0.115. The van der Waals surface area contributed by atoms with Gasteiger partial charge in [0.05, 0.1) is 18.3 Å². The predicted octanol–water partition coefficient (Wildman–Crippen LogP) is 3.23. The highest BCUT2D eigenvalue weighted by Crippen LogP contribution is 2.28. The van der Waals surface area contributed by atoms with Gasteiger partial charge in [-0.15, -0.1) is 0 Å². The molecule has 1 unspecified atom stereocenters. The Balaban J connectivity index is 1.82. The van der Waals surface area contributed by atoms with Crippen LogP contribution >= 0.6 is 0 Å². The zero-order valence-electron chi connectivity index (χ0n) is 14.7. The third-order valence-electron chi connectivity index (χ3n) is 4.11. The highest BCUT2D eigenvalue weighted by atomic mass is 32.2. The molecule has 0 aliphatic heterocycles. The fraction of sp³-hybridized carbons (Fsp3) is 0.150. The maximum atomic E-state index is 13.0. The van der Waals surface area contributed by atoms with Gasteiger partial charge in [0.15, 0.2) is 9.84 Å². The highest BCUT2D eigenvalue weighted by molar-refractivity contribution is 7.91. The standard InChI is InChI=1S/C20H19NO5S/c1-25-16-11-9-15(10-12-16)20(22)21-14-19(18-8-5-13-26-18)27(23,24)17-6-3-2-4-7-17/h2-13,19H,14H2,1H3,(H,21,22). The number of amides is 1. The van der Waals surface area contributed by atoms with Crippen LogP contribution in [0, 0.1) is 0 Å². The number of methoxy groups -OCH3 is 1. The van der Waals surface area contributed by atoms with E-state index in [1.165, 1.54) is 25.5 Å². The molecule has 1 N–H and O–H groups in total. The first-order chi connectivity index (χ1) is 13.0. The summed E-state index contributed by atoms with van der Waals surface area (Å²) >= 11 is 0. The van der Waals surface area contributed by atoms with Crippen molar-refractivity contribution in [3.05, 3.63) is 84.3 Å². The molecule has 3 aromatic rings. The van der Waals surface area contributed by atoms with Crippen LogP contribution in [0.15, 0.2) is 82.3 Å². The first-order valence-corrected chi connectivity index (χ1v) is 9.81. The molecule has 1 aromatic heterocycles. The Hall–Kier alpha value is -3.06. The van der Waals surface area contributed by atoms with Gasteiger partial charge in [0.1, 0.15) is 16.8 Å². The predicted molar refractivity (Wildman–Crippen MR) is 100 cm³/mol. The first-order valence-electron chi connectivity index (χ1n) is 8.27. The lowest BCUT2D eigenvalue weighted by Gasteiger charge is -2.17. The topological polar surface area (TPSA) is 85.6 Å². The molecule has 0 aliphatic carbocycles. The molecule has 1 heterocycles. The number of sulfone groups is 1. The number of rotatable bonds is 7. The van der Waals surface area contributed by atoms with Gasteiger partial charge in [-0.1, -0.05) is 18.2 Å². The van der Waals surface area contributed by atoms with E-state index < -0.39 is 15.1 Å². The van der Waals surface area contributed by atoms with Crippen molar-refractivity contribution in [1.29, 1.82) is 0 Å². The molecule has 27 heavy (non-hydrogen) atoms. The van der Waals surface area contributed by atoms with Gasteiger partial charge in [-0.2, -0.15) is 0 Å². The van der Waals surface area contributed by atoms with Gasteiger partial charge in [0, 0.05) is 12.1 Å². The lowest BCUT2D eigenvalue weighted by Crippen LogP contribution is -2.31. The fourth-order valence-corrected chi connectivity index (χ4v) is 4.25. The van der Waals surface area contributed by atoms with Gasteiger partial charge in [-0.25, -0.2) is 8.42 Å². The van der Waals surface area contributed by atoms with Crippen molar-refractivity contribution >= 4 is 15.7 Å². The van der Waals surface area contributed by atoms with E-state index in [-0.39, 0.29) is 23.1 Å². The third kappa shape index (κ3) is 4.20. The quantitative estimate of drug-likeness (QED) is 0.675. The molecule has 6 nitrogen and oxygen atoms in total. The summed E-state index contributed by atoms with van der Waals surface area (Å²) in [4.78, 5) is 12.6. The number of hydrogen-bond acceptors (Lipinski definition) is 5. The second kappa shape index (κ2) is 8.09. The average molecular weight is 385 g/mol. The normalized spacial score (nSPS) is 12.3. The van der Waals surface area contributed by atoms with Gasteiger partial charge in [0.2, 0.25) is 0 Å². The summed E-state index contributed by atoms with van der Waals surface area (Å²) in [5, 5.41) is 1.65. The van der Waals surface area contributed by atoms with Crippen molar-refractivity contribution in [1.82, 2.24) is 5.32 Å². The van der Waals surface area contributed by atoms with Crippen LogP contribution in [-0.2, 0) is 9.84 Å². The van der Waals surface area contributed by atoms with E-state index in [0.717, 1.165) is 0 Å². The molecule has 1 amide bonds. The number of carbonyl (C=O) groups is 1. The molecule has 2 aromatic carbocycles. The molecule has 0 bridgehead atoms. The summed E-state index contributed by atoms with van der Waals surface area (Å²) in [6.07, 6.45) is 1.41. The van der Waals surface area contributed by atoms with Crippen LogP contribution in [0.2, 0.25) is 0 Å². The molecule has 1 atom stereocenters. The van der Waals surface area contributed by atoms with Gasteiger partial charge in [0.25, 0.3) is 5.91 Å². The summed E-state index contributed by atoms with van der Waals surface area (Å²) in [5.41, 5.74) is 0.408. The average Bonchev–Trinajstić information content (AvgIpc) is 3.23. The smallest absolute Gasteiger partial charge is 0.251 e. The van der Waals surface area contributed by atoms with Crippen LogP contribution in [0.1, 0.15) is 21.4 Å². The Bertz CT molecular complexity index is 981. The summed E-state index contributed by atoms with van der Waals surface area (Å²) < 4.78 is 36.5. The zero-order chi connectivity index (χ0) is 19.3. The van der Waals surface area contributed by atoms with Crippen LogP contribution in [-0.4, -0.2) is 28.0 Å². The molecule has 0 radical (unpaired) electrons. The molecule has 7 heteroatoms. The number of hydrogen-bond donors (Lipinski definition) is 1. The Labute approximate surface area is 157 Å². The molecule has 0 saturated carbocycles. The monoisotopic (exact) mass is 385 g/mol. The SMILES string of the molecule is COc1ccc(C(=O)NCC(c2ccco2)S(=O)(=O)c2ccccc2)cc1. The number of ether oxygens (including phenoxy) is 1. The number of benzene rings is 2. The molecular weight excluding hydrogens is 366 g/mol. The van der Waals surface area contributed by atoms with Gasteiger partial charge in [-0.05, 0) is 48.5 Å². The number of carbonyl (C=O) groups excluding carboxylic acids is 1. The van der Waals surface area contributed by atoms with E-state index in [4.69, 9.17) is 9.15 Å². The van der Waals surface area contributed by atoms with E-state index >= 15 is 0 Å². The van der Waals surface area contributed by atoms with Gasteiger partial charge >= 0.3 is 0 Å². The largest absolute Gasteiger partial charge is 0.497 e. The maximum absolute atomic E-state index is 13.0. The van der Waals surface area contributed by atoms with Crippen LogP contribution in [0.5, 0.6) is 5.75 Å². The molecule has 3 rings (SSSR count). The number of nitrogens with one attached hydrogen (secondary N) is 1. The Morgan fingerprint density at radius 3 is 2.33 bits per heavy atom. The molecule has 0 saturated heterocycles. The zero-order valence-corrected chi connectivity index (χ0v) is 15.5. The molecule has 0 aliphatic rings. The molecule has 0 spiro atoms. The molecular formula is C20H19NO5S. The minimum atomic E-state index is -3.74. The third-order valence-corrected chi connectivity index (χ3v) is 6.18. The van der Waals surface area contributed by atoms with E-state index in [1.807, 2.05) is 0 Å². The minimum Gasteiger partial charge on any atom is -0.497 e. The maximum Gasteiger partial charge on any atom is 0.251 e. The van der Waals surface area contributed by atoms with Crippen molar-refractivity contribution in [3.63, 3.8) is 0 Å². The molecule has 0 fully saturated rings. The van der Waals surface area contributed by atoms with E-state index in [2.05, 4.69) is 5.32 Å². The number of furan rings is 1. The second-order valence-electron chi connectivity index (χ2n) is 5.80. The summed E-state index contributed by atoms with van der Waals surface area (Å²) in [6.45, 7) is -0.115. The first kappa shape index (κ1) is 18.7. The fourth-order valence-electron chi connectivity index (χ4n) is 2.64. The van der Waals surface area contributed by atoms with Crippen molar-refractivity contribution in [2.24, 2.45) is 0 Å². The second-order valence-corrected chi connectivity index (χ2v) is 7.93. The summed E-state index contributed by atoms with van der Waals surface area (Å²) in [6, 6.07) is 17.9. The molecule has 140 valence electrons. The van der Waals surface area contributed by atoms with E-state index in [0.29, 0.717) is 11.3 Å². The van der Waals surface area contributed by atoms with E-state index in [1.54, 1.807) is 54.6 Å². The van der Waals surface area contributed by atoms with Gasteiger partial charge in [-0.3, -0.25) is 4.79 Å².